The summed E-state index contributed by atoms with van der Waals surface area (Å²) in [5, 5.41) is 46.2. The summed E-state index contributed by atoms with van der Waals surface area (Å²) in [5.41, 5.74) is 7.05. The minimum atomic E-state index is -1.75. The van der Waals surface area contributed by atoms with Gasteiger partial charge in [0.1, 0.15) is 23.0 Å². The molecule has 0 aliphatic carbocycles. The molecule has 5 aromatic carbocycles. The Morgan fingerprint density at radius 3 is 1.10 bits per heavy atom. The third-order valence-electron chi connectivity index (χ3n) is 13.9. The largest absolute Gasteiger partial charge is 0.508 e. The van der Waals surface area contributed by atoms with Crippen molar-refractivity contribution < 1.29 is 43.1 Å². The van der Waals surface area contributed by atoms with E-state index in [1.165, 1.54) is 36.1 Å². The minimum absolute atomic E-state index is 0.165. The first kappa shape index (κ1) is 59.8. The molecular formula is C58H82F4O5. The average Bonchev–Trinajstić information content (AvgIpc) is 3.28. The molecule has 0 heterocycles. The smallest absolute Gasteiger partial charge is 0.203 e. The third kappa shape index (κ3) is 16.5. The first-order valence-corrected chi connectivity index (χ1v) is 23.5. The van der Waals surface area contributed by atoms with E-state index in [1.54, 1.807) is 31.2 Å². The van der Waals surface area contributed by atoms with Gasteiger partial charge in [-0.2, -0.15) is 8.78 Å². The van der Waals surface area contributed by atoms with Gasteiger partial charge in [-0.15, -0.1) is 0 Å². The SMILES string of the molecule is CCC(C)(C)c1c(F)c(F)c(O)c(F)c1F.CCC(C)(C)c1cc(C)c(O)c(C)c1.CCC(C)(C)c1ccc(O)c(C)c1.CCC(C)(C)c1ccc(O)cc1.CCC(C)(C)c1cccc(O)c1. The molecule has 0 spiro atoms. The van der Waals surface area contributed by atoms with Gasteiger partial charge in [0.05, 0.1) is 0 Å². The molecule has 5 aromatic rings. The minimum Gasteiger partial charge on any atom is -0.508 e. The van der Waals surface area contributed by atoms with Crippen LogP contribution in [0.15, 0.2) is 78.9 Å². The van der Waals surface area contributed by atoms with Crippen molar-refractivity contribution >= 4 is 0 Å². The fourth-order valence-corrected chi connectivity index (χ4v) is 6.47. The van der Waals surface area contributed by atoms with E-state index in [1.807, 2.05) is 51.1 Å². The van der Waals surface area contributed by atoms with E-state index in [9.17, 15) is 32.9 Å². The van der Waals surface area contributed by atoms with Crippen LogP contribution in [0.5, 0.6) is 28.7 Å². The molecule has 0 bridgehead atoms. The van der Waals surface area contributed by atoms with Crippen molar-refractivity contribution in [2.24, 2.45) is 0 Å². The second-order valence-corrected chi connectivity index (χ2v) is 20.7. The molecule has 372 valence electrons. The predicted molar refractivity (Wildman–Crippen MR) is 271 cm³/mol. The Bertz CT molecular complexity index is 2290. The van der Waals surface area contributed by atoms with Gasteiger partial charge in [-0.25, -0.2) is 8.78 Å². The van der Waals surface area contributed by atoms with Crippen LogP contribution in [0.1, 0.15) is 180 Å². The Kier molecular flexibility index (Phi) is 22.1. The number of hydrogen-bond donors (Lipinski definition) is 5. The molecule has 0 saturated carbocycles. The number of phenols is 5. The molecule has 9 heteroatoms. The van der Waals surface area contributed by atoms with E-state index in [0.29, 0.717) is 29.4 Å². The number of aryl methyl sites for hydroxylation is 3. The Morgan fingerprint density at radius 2 is 0.716 bits per heavy atom. The zero-order chi connectivity index (χ0) is 52.0. The second-order valence-electron chi connectivity index (χ2n) is 20.7. The molecule has 0 atom stereocenters. The molecule has 0 unspecified atom stereocenters. The topological polar surface area (TPSA) is 101 Å². The van der Waals surface area contributed by atoms with Crippen LogP contribution in [0.4, 0.5) is 17.6 Å². The van der Waals surface area contributed by atoms with Crippen LogP contribution in [-0.2, 0) is 27.1 Å². The summed E-state index contributed by atoms with van der Waals surface area (Å²) in [4.78, 5) is 0. The maximum absolute atomic E-state index is 13.4. The van der Waals surface area contributed by atoms with Crippen LogP contribution >= 0.6 is 0 Å². The molecule has 0 radical (unpaired) electrons. The van der Waals surface area contributed by atoms with Crippen LogP contribution in [0.2, 0.25) is 0 Å². The monoisotopic (exact) mass is 935 g/mol. The van der Waals surface area contributed by atoms with Crippen molar-refractivity contribution in [3.63, 3.8) is 0 Å². The lowest BCUT2D eigenvalue weighted by Gasteiger charge is -2.25. The van der Waals surface area contributed by atoms with E-state index in [-0.39, 0.29) is 21.7 Å². The Balaban J connectivity index is 0.000000420. The fraction of sp³-hybridized carbons (Fsp3) is 0.483. The number of halogens is 4. The third-order valence-corrected chi connectivity index (χ3v) is 13.9. The van der Waals surface area contributed by atoms with Crippen LogP contribution in [0, 0.1) is 44.0 Å². The molecule has 5 rings (SSSR count). The van der Waals surface area contributed by atoms with Crippen LogP contribution in [0.3, 0.4) is 0 Å². The highest BCUT2D eigenvalue weighted by atomic mass is 19.2. The van der Waals surface area contributed by atoms with E-state index in [0.717, 1.165) is 42.4 Å². The summed E-state index contributed by atoms with van der Waals surface area (Å²) >= 11 is 0. The highest BCUT2D eigenvalue weighted by molar-refractivity contribution is 5.44. The molecule has 67 heavy (non-hydrogen) atoms. The summed E-state index contributed by atoms with van der Waals surface area (Å²) in [6, 6.07) is 25.0. The molecule has 0 amide bonds. The molecule has 0 fully saturated rings. The van der Waals surface area contributed by atoms with Crippen LogP contribution in [-0.4, -0.2) is 25.5 Å². The lowest BCUT2D eigenvalue weighted by atomic mass is 9.81. The summed E-state index contributed by atoms with van der Waals surface area (Å²) in [5.74, 6) is -6.70. The maximum Gasteiger partial charge on any atom is 0.203 e. The molecular weight excluding hydrogens is 853 g/mol. The predicted octanol–water partition coefficient (Wildman–Crippen LogP) is 16.9. The first-order valence-electron chi connectivity index (χ1n) is 23.5. The standard InChI is InChI=1S/C13H20O.C12H18O.C11H12F4O.2C11H16O/c1-6-13(4,5)11-7-9(2)12(14)10(3)8-11;1-5-12(3,4)10-6-7-11(13)9(2)8-10;1-4-11(2,3)5-6(12)8(14)10(16)9(15)7(5)13;1-4-11(2,3)9-5-7-10(12)8-6-9;1-4-11(2,3)9-6-5-7-10(12)8-9/h7-8,14H,6H2,1-5H3;6-8,13H,5H2,1-4H3;16H,4H2,1-3H3;2*5-8,12H,4H2,1-3H3. The Hall–Kier alpha value is -5.18. The lowest BCUT2D eigenvalue weighted by molar-refractivity contribution is 0.333. The van der Waals surface area contributed by atoms with Gasteiger partial charge in [-0.05, 0) is 149 Å². The fourth-order valence-electron chi connectivity index (χ4n) is 6.47. The van der Waals surface area contributed by atoms with Crippen LogP contribution < -0.4 is 0 Å². The van der Waals surface area contributed by atoms with E-state index in [2.05, 4.69) is 107 Å². The van der Waals surface area contributed by atoms with Gasteiger partial charge in [0.25, 0.3) is 0 Å². The Morgan fingerprint density at radius 1 is 0.358 bits per heavy atom. The van der Waals surface area contributed by atoms with Crippen molar-refractivity contribution in [3.8, 4) is 28.7 Å². The zero-order valence-corrected chi connectivity index (χ0v) is 43.8. The number of benzene rings is 5. The van der Waals surface area contributed by atoms with E-state index < -0.39 is 40.0 Å². The van der Waals surface area contributed by atoms with Crippen molar-refractivity contribution in [1.82, 2.24) is 0 Å². The number of hydrogen-bond acceptors (Lipinski definition) is 5. The van der Waals surface area contributed by atoms with Crippen molar-refractivity contribution in [2.45, 2.75) is 184 Å². The molecule has 5 nitrogen and oxygen atoms in total. The number of phenolic OH excluding ortho intramolecular Hbond substituents is 5. The lowest BCUT2D eigenvalue weighted by Crippen LogP contribution is -2.21. The quantitative estimate of drug-likeness (QED) is 0.0709. The van der Waals surface area contributed by atoms with Gasteiger partial charge < -0.3 is 25.5 Å². The van der Waals surface area contributed by atoms with Gasteiger partial charge in [-0.1, -0.05) is 152 Å². The molecule has 0 aromatic heterocycles. The molecule has 5 N–H and O–H groups in total. The van der Waals surface area contributed by atoms with Gasteiger partial charge in [-0.3, -0.25) is 0 Å². The summed E-state index contributed by atoms with van der Waals surface area (Å²) in [7, 11) is 0. The highest BCUT2D eigenvalue weighted by Gasteiger charge is 2.33. The van der Waals surface area contributed by atoms with E-state index >= 15 is 0 Å². The van der Waals surface area contributed by atoms with Crippen LogP contribution in [0.25, 0.3) is 0 Å². The van der Waals surface area contributed by atoms with Crippen molar-refractivity contribution in [1.29, 1.82) is 0 Å². The normalized spacial score (nSPS) is 11.7. The van der Waals surface area contributed by atoms with Gasteiger partial charge >= 0.3 is 0 Å². The van der Waals surface area contributed by atoms with E-state index in [4.69, 9.17) is 10.2 Å². The van der Waals surface area contributed by atoms with Gasteiger partial charge in [0, 0.05) is 5.56 Å². The van der Waals surface area contributed by atoms with Crippen molar-refractivity contribution in [3.05, 3.63) is 147 Å². The first-order chi connectivity index (χ1) is 30.7. The average molecular weight is 935 g/mol. The number of rotatable bonds is 10. The van der Waals surface area contributed by atoms with Gasteiger partial charge in [0.15, 0.2) is 17.4 Å². The summed E-state index contributed by atoms with van der Waals surface area (Å²) in [6.07, 6.45) is 4.70. The highest BCUT2D eigenvalue weighted by Crippen LogP contribution is 2.38. The molecule has 0 aliphatic rings. The maximum atomic E-state index is 13.4. The van der Waals surface area contributed by atoms with Gasteiger partial charge in [0.2, 0.25) is 11.6 Å². The summed E-state index contributed by atoms with van der Waals surface area (Å²) < 4.78 is 53.0. The number of aromatic hydroxyl groups is 5. The summed E-state index contributed by atoms with van der Waals surface area (Å²) in [6.45, 7) is 36.8. The van der Waals surface area contributed by atoms with Crippen molar-refractivity contribution in [2.75, 3.05) is 0 Å². The Labute approximate surface area is 401 Å². The second kappa shape index (κ2) is 24.7. The molecule has 0 saturated heterocycles. The molecule has 0 aliphatic heterocycles. The zero-order valence-electron chi connectivity index (χ0n) is 43.8.